The van der Waals surface area contributed by atoms with Crippen LogP contribution in [-0.4, -0.2) is 13.2 Å². The SMILES string of the molecule is CCC(C)(OCCCCCCCCOc1cc(=O)oc2ccccc12)c1ccccc1. The van der Waals surface area contributed by atoms with Gasteiger partial charge in [0, 0.05) is 6.61 Å². The molecule has 0 N–H and O–H groups in total. The largest absolute Gasteiger partial charge is 0.493 e. The van der Waals surface area contributed by atoms with Crippen molar-refractivity contribution in [3.8, 4) is 5.75 Å². The molecule has 0 bridgehead atoms. The molecule has 1 aromatic heterocycles. The summed E-state index contributed by atoms with van der Waals surface area (Å²) in [7, 11) is 0. The van der Waals surface area contributed by atoms with Gasteiger partial charge in [-0.05, 0) is 43.9 Å². The van der Waals surface area contributed by atoms with Crippen molar-refractivity contribution >= 4 is 11.0 Å². The Bertz CT molecular complexity index is 979. The van der Waals surface area contributed by atoms with E-state index in [0.29, 0.717) is 17.9 Å². The molecule has 1 atom stereocenters. The fourth-order valence-electron chi connectivity index (χ4n) is 3.77. The first-order valence-corrected chi connectivity index (χ1v) is 11.5. The highest BCUT2D eigenvalue weighted by atomic mass is 16.5. The zero-order chi connectivity index (χ0) is 21.9. The molecule has 0 amide bonds. The van der Waals surface area contributed by atoms with Crippen molar-refractivity contribution in [2.45, 2.75) is 64.4 Å². The summed E-state index contributed by atoms with van der Waals surface area (Å²) in [4.78, 5) is 11.7. The third kappa shape index (κ3) is 6.70. The highest BCUT2D eigenvalue weighted by Crippen LogP contribution is 2.29. The van der Waals surface area contributed by atoms with E-state index in [4.69, 9.17) is 13.9 Å². The van der Waals surface area contributed by atoms with Gasteiger partial charge >= 0.3 is 5.63 Å². The first kappa shape index (κ1) is 23.1. The predicted molar refractivity (Wildman–Crippen MR) is 126 cm³/mol. The lowest BCUT2D eigenvalue weighted by Gasteiger charge is -2.29. The number of benzene rings is 2. The molecule has 0 radical (unpaired) electrons. The van der Waals surface area contributed by atoms with Gasteiger partial charge in [-0.25, -0.2) is 4.79 Å². The molecule has 0 fully saturated rings. The molecular formula is C27H34O4. The summed E-state index contributed by atoms with van der Waals surface area (Å²) >= 11 is 0. The average Bonchev–Trinajstić information content (AvgIpc) is 2.80. The topological polar surface area (TPSA) is 48.7 Å². The summed E-state index contributed by atoms with van der Waals surface area (Å²) in [6.07, 6.45) is 7.73. The first-order chi connectivity index (χ1) is 15.1. The summed E-state index contributed by atoms with van der Waals surface area (Å²) in [5, 5.41) is 0.844. The average molecular weight is 423 g/mol. The van der Waals surface area contributed by atoms with Gasteiger partial charge in [-0.3, -0.25) is 0 Å². The molecule has 2 aromatic carbocycles. The van der Waals surface area contributed by atoms with E-state index in [2.05, 4.69) is 38.1 Å². The highest BCUT2D eigenvalue weighted by Gasteiger charge is 2.24. The molecule has 3 aromatic rings. The zero-order valence-corrected chi connectivity index (χ0v) is 18.8. The maximum absolute atomic E-state index is 11.7. The molecule has 0 saturated heterocycles. The van der Waals surface area contributed by atoms with Gasteiger partial charge in [0.1, 0.15) is 11.3 Å². The number of para-hydroxylation sites is 1. The Balaban J connectivity index is 1.28. The van der Waals surface area contributed by atoms with Crippen LogP contribution in [0.25, 0.3) is 11.0 Å². The van der Waals surface area contributed by atoms with E-state index in [-0.39, 0.29) is 11.2 Å². The van der Waals surface area contributed by atoms with Crippen molar-refractivity contribution in [1.29, 1.82) is 0 Å². The Kier molecular flexibility index (Phi) is 8.72. The standard InChI is InChI=1S/C27H34O4/c1-3-27(2,22-15-9-8-10-16-22)30-20-14-7-5-4-6-13-19-29-25-21-26(28)31-24-18-12-11-17-23(24)25/h8-12,15-18,21H,3-7,13-14,19-20H2,1-2H3. The second-order valence-corrected chi connectivity index (χ2v) is 8.19. The van der Waals surface area contributed by atoms with Gasteiger partial charge in [-0.15, -0.1) is 0 Å². The molecule has 1 unspecified atom stereocenters. The summed E-state index contributed by atoms with van der Waals surface area (Å²) in [6.45, 7) is 5.77. The van der Waals surface area contributed by atoms with Crippen LogP contribution in [0.4, 0.5) is 0 Å². The molecule has 0 spiro atoms. The fourth-order valence-corrected chi connectivity index (χ4v) is 3.77. The van der Waals surface area contributed by atoms with Crippen LogP contribution in [0, 0.1) is 0 Å². The molecule has 0 aliphatic carbocycles. The summed E-state index contributed by atoms with van der Waals surface area (Å²) in [6, 6.07) is 19.4. The molecule has 4 nitrogen and oxygen atoms in total. The maximum Gasteiger partial charge on any atom is 0.339 e. The summed E-state index contributed by atoms with van der Waals surface area (Å²) in [5.41, 5.74) is 1.25. The van der Waals surface area contributed by atoms with Crippen LogP contribution in [0.3, 0.4) is 0 Å². The minimum absolute atomic E-state index is 0.197. The number of hydrogen-bond donors (Lipinski definition) is 0. The lowest BCUT2D eigenvalue weighted by Crippen LogP contribution is -2.25. The second kappa shape index (κ2) is 11.7. The molecule has 0 aliphatic rings. The number of ether oxygens (including phenoxy) is 2. The minimum Gasteiger partial charge on any atom is -0.493 e. The number of unbranched alkanes of at least 4 members (excludes halogenated alkanes) is 5. The van der Waals surface area contributed by atoms with E-state index in [1.165, 1.54) is 30.9 Å². The van der Waals surface area contributed by atoms with Crippen LogP contribution in [0.2, 0.25) is 0 Å². The number of fused-ring (bicyclic) bond motifs is 1. The lowest BCUT2D eigenvalue weighted by molar-refractivity contribution is -0.0409. The Morgan fingerprint density at radius 2 is 1.48 bits per heavy atom. The van der Waals surface area contributed by atoms with E-state index < -0.39 is 0 Å². The van der Waals surface area contributed by atoms with Crippen molar-refractivity contribution in [3.63, 3.8) is 0 Å². The highest BCUT2D eigenvalue weighted by molar-refractivity contribution is 5.82. The molecule has 166 valence electrons. The first-order valence-electron chi connectivity index (χ1n) is 11.5. The van der Waals surface area contributed by atoms with Crippen LogP contribution in [0.5, 0.6) is 5.75 Å². The van der Waals surface area contributed by atoms with Gasteiger partial charge in [0.05, 0.1) is 23.7 Å². The van der Waals surface area contributed by atoms with Crippen LogP contribution in [0.1, 0.15) is 64.4 Å². The van der Waals surface area contributed by atoms with Crippen molar-refractivity contribution in [2.75, 3.05) is 13.2 Å². The van der Waals surface area contributed by atoms with E-state index in [1.54, 1.807) is 6.07 Å². The quantitative estimate of drug-likeness (QED) is 0.223. The van der Waals surface area contributed by atoms with Gasteiger partial charge in [-0.1, -0.05) is 75.1 Å². The van der Waals surface area contributed by atoms with Gasteiger partial charge in [-0.2, -0.15) is 0 Å². The Morgan fingerprint density at radius 3 is 2.23 bits per heavy atom. The van der Waals surface area contributed by atoms with E-state index in [0.717, 1.165) is 37.7 Å². The lowest BCUT2D eigenvalue weighted by atomic mass is 9.93. The third-order valence-corrected chi connectivity index (χ3v) is 5.89. The molecule has 0 aliphatic heterocycles. The molecule has 1 heterocycles. The van der Waals surface area contributed by atoms with Crippen LogP contribution < -0.4 is 10.4 Å². The van der Waals surface area contributed by atoms with Crippen molar-refractivity contribution in [3.05, 3.63) is 76.6 Å². The van der Waals surface area contributed by atoms with Crippen molar-refractivity contribution in [2.24, 2.45) is 0 Å². The van der Waals surface area contributed by atoms with E-state index in [1.807, 2.05) is 24.3 Å². The van der Waals surface area contributed by atoms with Crippen LogP contribution in [0.15, 0.2) is 69.9 Å². The molecular weight excluding hydrogens is 388 g/mol. The van der Waals surface area contributed by atoms with Gasteiger partial charge < -0.3 is 13.9 Å². The third-order valence-electron chi connectivity index (χ3n) is 5.89. The Hall–Kier alpha value is -2.59. The Morgan fingerprint density at radius 1 is 0.839 bits per heavy atom. The molecule has 3 rings (SSSR count). The fraction of sp³-hybridized carbons (Fsp3) is 0.444. The summed E-state index contributed by atoms with van der Waals surface area (Å²) < 4.78 is 17.3. The molecule has 4 heteroatoms. The van der Waals surface area contributed by atoms with Gasteiger partial charge in [0.15, 0.2) is 0 Å². The molecule has 0 saturated carbocycles. The predicted octanol–water partition coefficient (Wildman–Crippen LogP) is 6.85. The van der Waals surface area contributed by atoms with Gasteiger partial charge in [0.25, 0.3) is 0 Å². The maximum atomic E-state index is 11.7. The minimum atomic E-state index is -0.373. The zero-order valence-electron chi connectivity index (χ0n) is 18.8. The Labute approximate surface area is 185 Å². The number of hydrogen-bond acceptors (Lipinski definition) is 4. The summed E-state index contributed by atoms with van der Waals surface area (Å²) in [5.74, 6) is 0.612. The molecule has 31 heavy (non-hydrogen) atoms. The number of rotatable bonds is 13. The second-order valence-electron chi connectivity index (χ2n) is 8.19. The van der Waals surface area contributed by atoms with Crippen molar-refractivity contribution in [1.82, 2.24) is 0 Å². The van der Waals surface area contributed by atoms with E-state index >= 15 is 0 Å². The van der Waals surface area contributed by atoms with Crippen LogP contribution >= 0.6 is 0 Å². The smallest absolute Gasteiger partial charge is 0.339 e. The van der Waals surface area contributed by atoms with Crippen LogP contribution in [-0.2, 0) is 10.3 Å². The monoisotopic (exact) mass is 422 g/mol. The van der Waals surface area contributed by atoms with E-state index in [9.17, 15) is 4.79 Å². The normalized spacial score (nSPS) is 13.2. The van der Waals surface area contributed by atoms with Gasteiger partial charge in [0.2, 0.25) is 0 Å². The van der Waals surface area contributed by atoms with Crippen molar-refractivity contribution < 1.29 is 13.9 Å².